The molecule has 0 aliphatic heterocycles. The third-order valence-electron chi connectivity index (χ3n) is 3.61. The van der Waals surface area contributed by atoms with Gasteiger partial charge in [0.1, 0.15) is 17.2 Å². The molecule has 0 atom stereocenters. The summed E-state index contributed by atoms with van der Waals surface area (Å²) >= 11 is 0. The molecule has 4 aromatic rings. The zero-order chi connectivity index (χ0) is 15.8. The van der Waals surface area contributed by atoms with Crippen LogP contribution in [0.1, 0.15) is 0 Å². The molecule has 5 nitrogen and oxygen atoms in total. The molecule has 0 bridgehead atoms. The summed E-state index contributed by atoms with van der Waals surface area (Å²) < 4.78 is 14.8. The maximum absolute atomic E-state index is 13.2. The van der Waals surface area contributed by atoms with Gasteiger partial charge in [0, 0.05) is 30.2 Å². The van der Waals surface area contributed by atoms with E-state index in [0.29, 0.717) is 11.3 Å². The van der Waals surface area contributed by atoms with Crippen molar-refractivity contribution in [3.63, 3.8) is 0 Å². The molecule has 4 rings (SSSR count). The van der Waals surface area contributed by atoms with Gasteiger partial charge < -0.3 is 4.98 Å². The van der Waals surface area contributed by atoms with Crippen molar-refractivity contribution >= 4 is 5.65 Å². The Labute approximate surface area is 130 Å². The van der Waals surface area contributed by atoms with E-state index in [2.05, 4.69) is 15.1 Å². The van der Waals surface area contributed by atoms with Crippen molar-refractivity contribution in [3.8, 4) is 22.4 Å². The van der Waals surface area contributed by atoms with E-state index < -0.39 is 0 Å². The number of hydrogen-bond donors (Lipinski definition) is 1. The molecule has 1 aromatic carbocycles. The number of rotatable bonds is 2. The van der Waals surface area contributed by atoms with Crippen molar-refractivity contribution in [1.82, 2.24) is 19.6 Å². The third kappa shape index (κ3) is 2.30. The summed E-state index contributed by atoms with van der Waals surface area (Å²) in [7, 11) is 0. The molecule has 0 fully saturated rings. The average Bonchev–Trinajstić information content (AvgIpc) is 2.95. The van der Waals surface area contributed by atoms with Gasteiger partial charge in [-0.05, 0) is 29.8 Å². The Balaban J connectivity index is 2.08. The molecule has 23 heavy (non-hydrogen) atoms. The van der Waals surface area contributed by atoms with Crippen molar-refractivity contribution in [3.05, 3.63) is 77.2 Å². The van der Waals surface area contributed by atoms with Gasteiger partial charge in [0.2, 0.25) is 0 Å². The molecule has 0 aliphatic rings. The quantitative estimate of drug-likeness (QED) is 0.619. The van der Waals surface area contributed by atoms with Crippen molar-refractivity contribution in [1.29, 1.82) is 0 Å². The first-order valence-electron chi connectivity index (χ1n) is 7.00. The van der Waals surface area contributed by atoms with Gasteiger partial charge >= 0.3 is 0 Å². The Morgan fingerprint density at radius 3 is 2.43 bits per heavy atom. The summed E-state index contributed by atoms with van der Waals surface area (Å²) in [5, 5.41) is 4.55. The van der Waals surface area contributed by atoms with Gasteiger partial charge in [0.05, 0.1) is 5.56 Å². The van der Waals surface area contributed by atoms with Crippen LogP contribution in [0.25, 0.3) is 28.0 Å². The standard InChI is InChI=1S/C17H11FN4O/c18-13-3-1-11(2-4-13)15-16(12-5-8-19-9-6-12)21-22-10-7-14(23)20-17(15)22/h1-10H,(H,20,23). The number of nitrogens with one attached hydrogen (secondary N) is 1. The fourth-order valence-electron chi connectivity index (χ4n) is 2.56. The molecule has 0 saturated heterocycles. The minimum atomic E-state index is -0.316. The second-order valence-electron chi connectivity index (χ2n) is 5.06. The van der Waals surface area contributed by atoms with Crippen LogP contribution in [0.4, 0.5) is 4.39 Å². The first-order valence-corrected chi connectivity index (χ1v) is 7.00. The van der Waals surface area contributed by atoms with Gasteiger partial charge in [-0.15, -0.1) is 0 Å². The maximum Gasteiger partial charge on any atom is 0.251 e. The minimum absolute atomic E-state index is 0.220. The van der Waals surface area contributed by atoms with Crippen LogP contribution in [-0.2, 0) is 0 Å². The van der Waals surface area contributed by atoms with E-state index in [4.69, 9.17) is 0 Å². The SMILES string of the molecule is O=c1ccn2nc(-c3ccncc3)c(-c3ccc(F)cc3)c2[nH]1. The highest BCUT2D eigenvalue weighted by Crippen LogP contribution is 2.33. The largest absolute Gasteiger partial charge is 0.306 e. The predicted octanol–water partition coefficient (Wildman–Crippen LogP) is 2.89. The van der Waals surface area contributed by atoms with Crippen molar-refractivity contribution in [2.24, 2.45) is 0 Å². The van der Waals surface area contributed by atoms with Crippen LogP contribution < -0.4 is 5.56 Å². The van der Waals surface area contributed by atoms with Crippen LogP contribution in [-0.4, -0.2) is 19.6 Å². The summed E-state index contributed by atoms with van der Waals surface area (Å²) in [4.78, 5) is 18.5. The predicted molar refractivity (Wildman–Crippen MR) is 84.4 cm³/mol. The fraction of sp³-hybridized carbons (Fsp3) is 0. The molecular weight excluding hydrogens is 295 g/mol. The molecule has 0 aliphatic carbocycles. The highest BCUT2D eigenvalue weighted by molar-refractivity contribution is 5.90. The van der Waals surface area contributed by atoms with Crippen LogP contribution in [0.2, 0.25) is 0 Å². The molecule has 0 amide bonds. The lowest BCUT2D eigenvalue weighted by Gasteiger charge is -2.03. The zero-order valence-electron chi connectivity index (χ0n) is 11.9. The Bertz CT molecular complexity index is 1040. The Morgan fingerprint density at radius 1 is 0.957 bits per heavy atom. The van der Waals surface area contributed by atoms with Crippen LogP contribution in [0.15, 0.2) is 65.8 Å². The number of hydrogen-bond acceptors (Lipinski definition) is 3. The molecule has 3 aromatic heterocycles. The molecule has 3 heterocycles. The van der Waals surface area contributed by atoms with E-state index in [0.717, 1.165) is 16.7 Å². The lowest BCUT2D eigenvalue weighted by atomic mass is 10.0. The van der Waals surface area contributed by atoms with Crippen LogP contribution in [0.3, 0.4) is 0 Å². The first-order chi connectivity index (χ1) is 11.2. The number of aromatic nitrogens is 4. The van der Waals surface area contributed by atoms with E-state index in [1.165, 1.54) is 18.2 Å². The summed E-state index contributed by atoms with van der Waals surface area (Å²) in [5.74, 6) is -0.316. The molecule has 112 valence electrons. The van der Waals surface area contributed by atoms with E-state index >= 15 is 0 Å². The van der Waals surface area contributed by atoms with Gasteiger partial charge in [-0.3, -0.25) is 9.78 Å². The highest BCUT2D eigenvalue weighted by Gasteiger charge is 2.17. The van der Waals surface area contributed by atoms with Gasteiger partial charge in [-0.2, -0.15) is 5.10 Å². The summed E-state index contributed by atoms with van der Waals surface area (Å²) in [5.41, 5.74) is 3.42. The summed E-state index contributed by atoms with van der Waals surface area (Å²) in [6.45, 7) is 0. The van der Waals surface area contributed by atoms with Gasteiger partial charge in [-0.1, -0.05) is 12.1 Å². The second kappa shape index (κ2) is 5.17. The molecule has 0 saturated carbocycles. The number of fused-ring (bicyclic) bond motifs is 1. The monoisotopic (exact) mass is 306 g/mol. The lowest BCUT2D eigenvalue weighted by Crippen LogP contribution is -2.06. The van der Waals surface area contributed by atoms with Crippen molar-refractivity contribution in [2.75, 3.05) is 0 Å². The second-order valence-corrected chi connectivity index (χ2v) is 5.06. The third-order valence-corrected chi connectivity index (χ3v) is 3.61. The molecule has 0 spiro atoms. The Kier molecular flexibility index (Phi) is 3.01. The number of pyridine rings is 1. The average molecular weight is 306 g/mol. The van der Waals surface area contributed by atoms with Crippen LogP contribution in [0.5, 0.6) is 0 Å². The Hall–Kier alpha value is -3.28. The summed E-state index contributed by atoms with van der Waals surface area (Å²) in [6, 6.07) is 11.2. The Morgan fingerprint density at radius 2 is 1.70 bits per heavy atom. The molecular formula is C17H11FN4O. The van der Waals surface area contributed by atoms with Crippen molar-refractivity contribution < 1.29 is 4.39 Å². The van der Waals surface area contributed by atoms with E-state index in [1.54, 1.807) is 35.2 Å². The number of halogens is 1. The van der Waals surface area contributed by atoms with E-state index in [-0.39, 0.29) is 11.4 Å². The number of benzene rings is 1. The smallest absolute Gasteiger partial charge is 0.251 e. The normalized spacial score (nSPS) is 11.0. The molecule has 0 unspecified atom stereocenters. The van der Waals surface area contributed by atoms with Crippen molar-refractivity contribution in [2.45, 2.75) is 0 Å². The van der Waals surface area contributed by atoms with Crippen LogP contribution >= 0.6 is 0 Å². The fourth-order valence-corrected chi connectivity index (χ4v) is 2.56. The zero-order valence-corrected chi connectivity index (χ0v) is 11.9. The van der Waals surface area contributed by atoms with Gasteiger partial charge in [0.25, 0.3) is 5.56 Å². The maximum atomic E-state index is 13.2. The lowest BCUT2D eigenvalue weighted by molar-refractivity contribution is 0.628. The van der Waals surface area contributed by atoms with Gasteiger partial charge in [0.15, 0.2) is 0 Å². The topological polar surface area (TPSA) is 63.1 Å². The minimum Gasteiger partial charge on any atom is -0.306 e. The molecule has 6 heteroatoms. The van der Waals surface area contributed by atoms with Gasteiger partial charge in [-0.25, -0.2) is 8.91 Å². The highest BCUT2D eigenvalue weighted by atomic mass is 19.1. The number of nitrogens with zero attached hydrogens (tertiary/aromatic N) is 3. The first kappa shape index (κ1) is 13.4. The summed E-state index contributed by atoms with van der Waals surface area (Å²) in [6.07, 6.45) is 4.96. The van der Waals surface area contributed by atoms with E-state index in [1.807, 2.05) is 12.1 Å². The van der Waals surface area contributed by atoms with E-state index in [9.17, 15) is 9.18 Å². The molecule has 0 radical (unpaired) electrons. The number of aromatic amines is 1. The number of H-pyrrole nitrogens is 1. The van der Waals surface area contributed by atoms with Crippen LogP contribution in [0, 0.1) is 5.82 Å². The molecule has 1 N–H and O–H groups in total.